The zero-order chi connectivity index (χ0) is 22.5. The summed E-state index contributed by atoms with van der Waals surface area (Å²) in [6.45, 7) is 4.46. The van der Waals surface area contributed by atoms with Crippen molar-refractivity contribution in [3.8, 4) is 5.75 Å². The van der Waals surface area contributed by atoms with Crippen molar-refractivity contribution in [2.24, 2.45) is 0 Å². The average Bonchev–Trinajstić information content (AvgIpc) is 2.90. The number of benzene rings is 1. The summed E-state index contributed by atoms with van der Waals surface area (Å²) in [5.41, 5.74) is -2.28. The number of likely N-dealkylation sites (tertiary alicyclic amines) is 1. The van der Waals surface area contributed by atoms with E-state index in [0.717, 1.165) is 0 Å². The van der Waals surface area contributed by atoms with E-state index in [9.17, 15) is 19.4 Å². The zero-order valence-corrected chi connectivity index (χ0v) is 18.4. The molecule has 174 valence electrons. The fourth-order valence-electron chi connectivity index (χ4n) is 3.90. The summed E-state index contributed by atoms with van der Waals surface area (Å²) < 4.78 is 29.5. The van der Waals surface area contributed by atoms with Crippen LogP contribution in [-0.4, -0.2) is 96.5 Å². The number of β-amino-alcohol motifs (C(OH)–C–C–N with tert-alkyl or cyclic N) is 2. The Kier molecular flexibility index (Phi) is 7.98. The normalized spacial score (nSPS) is 24.5. The second-order valence-corrected chi connectivity index (χ2v) is 8.67. The van der Waals surface area contributed by atoms with Gasteiger partial charge in [0, 0.05) is 38.8 Å². The molecule has 1 aromatic carbocycles. The molecule has 8 nitrogen and oxygen atoms in total. The first kappa shape index (κ1) is 24.0. The molecule has 1 atom stereocenters. The van der Waals surface area contributed by atoms with Gasteiger partial charge in [-0.05, 0) is 31.9 Å². The van der Waals surface area contributed by atoms with Gasteiger partial charge < -0.3 is 29.3 Å². The Balaban J connectivity index is 1.55. The summed E-state index contributed by atoms with van der Waals surface area (Å²) in [5, 5.41) is 22.0. The molecule has 2 saturated heterocycles. The molecule has 0 aromatic heterocycles. The number of hydrogen-bond acceptors (Lipinski definition) is 7. The van der Waals surface area contributed by atoms with Crippen LogP contribution in [0.3, 0.4) is 0 Å². The van der Waals surface area contributed by atoms with Gasteiger partial charge in [0.15, 0.2) is 0 Å². The molecule has 0 radical (unpaired) electrons. The lowest BCUT2D eigenvalue weighted by molar-refractivity contribution is -0.0790. The highest BCUT2D eigenvalue weighted by molar-refractivity contribution is 6.30. The predicted molar refractivity (Wildman–Crippen MR) is 112 cm³/mol. The number of carbonyl (C=O) groups is 1. The second kappa shape index (κ2) is 10.3. The summed E-state index contributed by atoms with van der Waals surface area (Å²) in [4.78, 5) is 15.4. The molecule has 1 unspecified atom stereocenters. The van der Waals surface area contributed by atoms with Crippen molar-refractivity contribution >= 4 is 17.7 Å². The van der Waals surface area contributed by atoms with E-state index in [1.807, 2.05) is 4.90 Å². The molecule has 0 saturated carbocycles. The molecule has 10 heteroatoms. The second-order valence-electron chi connectivity index (χ2n) is 8.26. The van der Waals surface area contributed by atoms with Gasteiger partial charge in [0.05, 0.1) is 30.4 Å². The van der Waals surface area contributed by atoms with Gasteiger partial charge in [-0.2, -0.15) is 0 Å². The van der Waals surface area contributed by atoms with Crippen molar-refractivity contribution in [2.75, 3.05) is 59.2 Å². The summed E-state index contributed by atoms with van der Waals surface area (Å²) in [7, 11) is 0. The van der Waals surface area contributed by atoms with Gasteiger partial charge in [0.1, 0.15) is 23.8 Å². The molecule has 2 N–H and O–H groups in total. The van der Waals surface area contributed by atoms with Crippen LogP contribution < -0.4 is 4.74 Å². The van der Waals surface area contributed by atoms with Gasteiger partial charge >= 0.3 is 6.09 Å². The molecule has 3 rings (SSSR count). The first-order valence-corrected chi connectivity index (χ1v) is 10.8. The standard InChI is InChI=1S/C21H30ClFN2O6/c1-2-30-19(26)25-7-5-20(27,6-8-25)12-24-9-10-29-14-21(28,13-24)15-31-16-3-4-18(23)17(22)11-16/h3-4,11,27-28H,2,5-10,12-15H2,1H3. The molecule has 0 spiro atoms. The molecule has 0 bridgehead atoms. The molecule has 2 fully saturated rings. The number of amides is 1. The van der Waals surface area contributed by atoms with Gasteiger partial charge in [-0.3, -0.25) is 4.90 Å². The smallest absolute Gasteiger partial charge is 0.409 e. The van der Waals surface area contributed by atoms with E-state index in [2.05, 4.69) is 0 Å². The molecular weight excluding hydrogens is 431 g/mol. The maximum Gasteiger partial charge on any atom is 0.409 e. The molecular formula is C21H30ClFN2O6. The van der Waals surface area contributed by atoms with Crippen LogP contribution in [0.5, 0.6) is 5.75 Å². The number of halogens is 2. The van der Waals surface area contributed by atoms with Crippen LogP contribution in [0.4, 0.5) is 9.18 Å². The van der Waals surface area contributed by atoms with Crippen molar-refractivity contribution < 1.29 is 33.6 Å². The molecule has 2 heterocycles. The molecule has 1 amide bonds. The zero-order valence-electron chi connectivity index (χ0n) is 17.7. The van der Waals surface area contributed by atoms with Gasteiger partial charge in [0.25, 0.3) is 0 Å². The number of nitrogens with zero attached hydrogens (tertiary/aromatic N) is 2. The van der Waals surface area contributed by atoms with Crippen LogP contribution in [0.1, 0.15) is 19.8 Å². The van der Waals surface area contributed by atoms with Crippen LogP contribution >= 0.6 is 11.6 Å². The topological polar surface area (TPSA) is 91.7 Å². The maximum absolute atomic E-state index is 13.3. The Labute approximate surface area is 186 Å². The Morgan fingerprint density at radius 2 is 2.00 bits per heavy atom. The monoisotopic (exact) mass is 460 g/mol. The Morgan fingerprint density at radius 1 is 1.26 bits per heavy atom. The van der Waals surface area contributed by atoms with E-state index in [1.165, 1.54) is 18.2 Å². The van der Waals surface area contributed by atoms with E-state index < -0.39 is 17.0 Å². The van der Waals surface area contributed by atoms with Gasteiger partial charge in [-0.15, -0.1) is 0 Å². The van der Waals surface area contributed by atoms with Crippen LogP contribution in [0.25, 0.3) is 0 Å². The third-order valence-electron chi connectivity index (χ3n) is 5.58. The number of ether oxygens (including phenoxy) is 3. The highest BCUT2D eigenvalue weighted by atomic mass is 35.5. The van der Waals surface area contributed by atoms with Crippen LogP contribution in [0, 0.1) is 5.82 Å². The van der Waals surface area contributed by atoms with Crippen molar-refractivity contribution in [1.29, 1.82) is 0 Å². The predicted octanol–water partition coefficient (Wildman–Crippen LogP) is 1.90. The van der Waals surface area contributed by atoms with E-state index in [1.54, 1.807) is 11.8 Å². The highest BCUT2D eigenvalue weighted by Gasteiger charge is 2.39. The summed E-state index contributed by atoms with van der Waals surface area (Å²) in [5.74, 6) is -0.195. The lowest BCUT2D eigenvalue weighted by Crippen LogP contribution is -2.55. The third-order valence-corrected chi connectivity index (χ3v) is 5.87. The Hall–Kier alpha value is -1.65. The van der Waals surface area contributed by atoms with Gasteiger partial charge in [-0.25, -0.2) is 9.18 Å². The largest absolute Gasteiger partial charge is 0.490 e. The van der Waals surface area contributed by atoms with E-state index in [0.29, 0.717) is 58.0 Å². The summed E-state index contributed by atoms with van der Waals surface area (Å²) in [6.07, 6.45) is 0.485. The number of rotatable bonds is 6. The minimum absolute atomic E-state index is 0.0559. The number of hydrogen-bond donors (Lipinski definition) is 2. The molecule has 2 aliphatic rings. The molecule has 31 heavy (non-hydrogen) atoms. The minimum atomic E-state index is -1.31. The minimum Gasteiger partial charge on any atom is -0.490 e. The maximum atomic E-state index is 13.3. The fourth-order valence-corrected chi connectivity index (χ4v) is 4.07. The lowest BCUT2D eigenvalue weighted by Gasteiger charge is -2.41. The highest BCUT2D eigenvalue weighted by Crippen LogP contribution is 2.26. The van der Waals surface area contributed by atoms with Crippen molar-refractivity contribution in [2.45, 2.75) is 31.0 Å². The summed E-state index contributed by atoms with van der Waals surface area (Å²) in [6, 6.07) is 4.01. The average molecular weight is 461 g/mol. The molecule has 2 aliphatic heterocycles. The van der Waals surface area contributed by atoms with Crippen LogP contribution in [0.15, 0.2) is 18.2 Å². The lowest BCUT2D eigenvalue weighted by atomic mass is 9.90. The number of carbonyl (C=O) groups excluding carboxylic acids is 1. The molecule has 0 aliphatic carbocycles. The van der Waals surface area contributed by atoms with Gasteiger partial charge in [-0.1, -0.05) is 11.6 Å². The first-order chi connectivity index (χ1) is 14.7. The van der Waals surface area contributed by atoms with Crippen molar-refractivity contribution in [3.63, 3.8) is 0 Å². The molecule has 1 aromatic rings. The van der Waals surface area contributed by atoms with Crippen molar-refractivity contribution in [1.82, 2.24) is 9.80 Å². The number of piperidine rings is 1. The Bertz CT molecular complexity index is 761. The van der Waals surface area contributed by atoms with E-state index in [-0.39, 0.29) is 30.9 Å². The summed E-state index contributed by atoms with van der Waals surface area (Å²) >= 11 is 5.78. The Morgan fingerprint density at radius 3 is 2.68 bits per heavy atom. The first-order valence-electron chi connectivity index (χ1n) is 10.5. The third kappa shape index (κ3) is 6.66. The SMILES string of the molecule is CCOC(=O)N1CCC(O)(CN2CCOCC(O)(COc3ccc(F)c(Cl)c3)C2)CC1. The van der Waals surface area contributed by atoms with E-state index >= 15 is 0 Å². The number of aliphatic hydroxyl groups is 2. The van der Waals surface area contributed by atoms with Crippen molar-refractivity contribution in [3.05, 3.63) is 29.0 Å². The van der Waals surface area contributed by atoms with E-state index in [4.69, 9.17) is 25.8 Å². The fraction of sp³-hybridized carbons (Fsp3) is 0.667. The quantitative estimate of drug-likeness (QED) is 0.670. The van der Waals surface area contributed by atoms with Crippen LogP contribution in [-0.2, 0) is 9.47 Å². The van der Waals surface area contributed by atoms with Crippen LogP contribution in [0.2, 0.25) is 5.02 Å². The van der Waals surface area contributed by atoms with Gasteiger partial charge in [0.2, 0.25) is 0 Å².